The summed E-state index contributed by atoms with van der Waals surface area (Å²) in [5, 5.41) is 0.952. The van der Waals surface area contributed by atoms with Crippen molar-refractivity contribution in [3.05, 3.63) is 17.0 Å². The average Bonchev–Trinajstić information content (AvgIpc) is 2.84. The van der Waals surface area contributed by atoms with Gasteiger partial charge < -0.3 is 0 Å². The molecule has 0 aliphatic carbocycles. The van der Waals surface area contributed by atoms with E-state index >= 15 is 0 Å². The zero-order valence-corrected chi connectivity index (χ0v) is 14.9. The van der Waals surface area contributed by atoms with Crippen LogP contribution >= 0.6 is 27.3 Å². The van der Waals surface area contributed by atoms with Crippen LogP contribution < -0.4 is 4.72 Å². The molecule has 0 aliphatic rings. The van der Waals surface area contributed by atoms with Crippen LogP contribution in [0.4, 0.5) is 0 Å². The van der Waals surface area contributed by atoms with Crippen LogP contribution in [0, 0.1) is 5.41 Å². The van der Waals surface area contributed by atoms with E-state index in [1.807, 2.05) is 13.0 Å². The van der Waals surface area contributed by atoms with E-state index < -0.39 is 10.0 Å². The molecule has 0 radical (unpaired) electrons. The van der Waals surface area contributed by atoms with E-state index in [4.69, 9.17) is 0 Å². The maximum Gasteiger partial charge on any atom is 0.250 e. The van der Waals surface area contributed by atoms with Crippen LogP contribution in [0.2, 0.25) is 0 Å². The van der Waals surface area contributed by atoms with Gasteiger partial charge in [-0.15, -0.1) is 11.3 Å². The van der Waals surface area contributed by atoms with Gasteiger partial charge in [0.2, 0.25) is 10.0 Å². The molecule has 0 amide bonds. The van der Waals surface area contributed by atoms with Crippen LogP contribution in [-0.2, 0) is 16.4 Å². The van der Waals surface area contributed by atoms with Gasteiger partial charge in [0.1, 0.15) is 4.21 Å². The normalized spacial score (nSPS) is 12.8. The van der Waals surface area contributed by atoms with Gasteiger partial charge in [0.25, 0.3) is 0 Å². The van der Waals surface area contributed by atoms with Crippen molar-refractivity contribution in [3.8, 4) is 0 Å². The molecule has 0 unspecified atom stereocenters. The number of nitrogens with one attached hydrogen (secondary N) is 1. The number of halogens is 1. The van der Waals surface area contributed by atoms with Gasteiger partial charge in [-0.1, -0.05) is 36.7 Å². The SMILES string of the molecule is CCc1ccc(S(=O)(=O)NCC(C)(C)CCCBr)s1. The number of aryl methyl sites for hydroxylation is 1. The highest BCUT2D eigenvalue weighted by Gasteiger charge is 2.22. The van der Waals surface area contributed by atoms with Gasteiger partial charge in [-0.2, -0.15) is 0 Å². The molecular weight excluding hydrogens is 346 g/mol. The minimum atomic E-state index is -3.35. The lowest BCUT2D eigenvalue weighted by atomic mass is 9.88. The molecule has 0 atom stereocenters. The zero-order chi connectivity index (χ0) is 14.5. The molecule has 0 aromatic carbocycles. The molecule has 0 aliphatic heterocycles. The molecule has 0 spiro atoms. The van der Waals surface area contributed by atoms with Crippen LogP contribution in [0.5, 0.6) is 0 Å². The van der Waals surface area contributed by atoms with E-state index in [2.05, 4.69) is 34.5 Å². The van der Waals surface area contributed by atoms with Crippen molar-refractivity contribution in [1.29, 1.82) is 0 Å². The monoisotopic (exact) mass is 367 g/mol. The third-order valence-corrected chi connectivity index (χ3v) is 6.66. The maximum atomic E-state index is 12.2. The third kappa shape index (κ3) is 5.53. The van der Waals surface area contributed by atoms with E-state index in [0.29, 0.717) is 10.8 Å². The van der Waals surface area contributed by atoms with Crippen molar-refractivity contribution in [2.75, 3.05) is 11.9 Å². The predicted molar refractivity (Wildman–Crippen MR) is 85.7 cm³/mol. The Morgan fingerprint density at radius 3 is 2.58 bits per heavy atom. The highest BCUT2D eigenvalue weighted by atomic mass is 79.9. The molecule has 1 heterocycles. The standard InChI is InChI=1S/C13H22BrNO2S2/c1-4-11-6-7-12(18-11)19(16,17)15-10-13(2,3)8-5-9-14/h6-7,15H,4-5,8-10H2,1-3H3. The number of hydrogen-bond acceptors (Lipinski definition) is 3. The second-order valence-electron chi connectivity index (χ2n) is 5.36. The Labute approximate surface area is 129 Å². The highest BCUT2D eigenvalue weighted by molar-refractivity contribution is 9.09. The number of thiophene rings is 1. The number of sulfonamides is 1. The Morgan fingerprint density at radius 1 is 1.37 bits per heavy atom. The summed E-state index contributed by atoms with van der Waals surface area (Å²) >= 11 is 4.75. The fourth-order valence-corrected chi connectivity index (χ4v) is 4.55. The van der Waals surface area contributed by atoms with E-state index in [1.54, 1.807) is 6.07 Å². The first-order valence-electron chi connectivity index (χ1n) is 6.45. The molecule has 3 nitrogen and oxygen atoms in total. The van der Waals surface area contributed by atoms with Crippen LogP contribution in [0.15, 0.2) is 16.3 Å². The van der Waals surface area contributed by atoms with Crippen LogP contribution in [-0.4, -0.2) is 20.3 Å². The van der Waals surface area contributed by atoms with Crippen molar-refractivity contribution in [1.82, 2.24) is 4.72 Å². The first-order chi connectivity index (χ1) is 8.80. The molecule has 0 bridgehead atoms. The summed E-state index contributed by atoms with van der Waals surface area (Å²) in [6.45, 7) is 6.68. The molecule has 1 aromatic heterocycles. The maximum absolute atomic E-state index is 12.2. The molecule has 1 aromatic rings. The molecule has 110 valence electrons. The van der Waals surface area contributed by atoms with Gasteiger partial charge in [-0.3, -0.25) is 0 Å². The Bertz CT molecular complexity index is 494. The second kappa shape index (κ2) is 7.20. The molecule has 1 N–H and O–H groups in total. The summed E-state index contributed by atoms with van der Waals surface area (Å²) in [7, 11) is -3.35. The summed E-state index contributed by atoms with van der Waals surface area (Å²) in [5.74, 6) is 0. The van der Waals surface area contributed by atoms with Crippen LogP contribution in [0.25, 0.3) is 0 Å². The van der Waals surface area contributed by atoms with E-state index in [1.165, 1.54) is 11.3 Å². The second-order valence-corrected chi connectivity index (χ2v) is 9.31. The number of rotatable bonds is 8. The molecular formula is C13H22BrNO2S2. The fraction of sp³-hybridized carbons (Fsp3) is 0.692. The van der Waals surface area contributed by atoms with E-state index in [0.717, 1.165) is 29.5 Å². The summed E-state index contributed by atoms with van der Waals surface area (Å²) in [6, 6.07) is 3.58. The van der Waals surface area contributed by atoms with Gasteiger partial charge in [-0.25, -0.2) is 13.1 Å². The van der Waals surface area contributed by atoms with Gasteiger partial charge in [0, 0.05) is 16.8 Å². The summed E-state index contributed by atoms with van der Waals surface area (Å²) in [5.41, 5.74) is -0.0221. The van der Waals surface area contributed by atoms with Crippen LogP contribution in [0.1, 0.15) is 38.5 Å². The van der Waals surface area contributed by atoms with Crippen molar-refractivity contribution in [2.24, 2.45) is 5.41 Å². The lowest BCUT2D eigenvalue weighted by Gasteiger charge is -2.24. The van der Waals surface area contributed by atoms with Crippen molar-refractivity contribution in [2.45, 2.75) is 44.2 Å². The highest BCUT2D eigenvalue weighted by Crippen LogP contribution is 2.25. The minimum Gasteiger partial charge on any atom is -0.210 e. The molecule has 0 fully saturated rings. The quantitative estimate of drug-likeness (QED) is 0.710. The van der Waals surface area contributed by atoms with E-state index in [9.17, 15) is 8.42 Å². The molecule has 19 heavy (non-hydrogen) atoms. The average molecular weight is 368 g/mol. The summed E-state index contributed by atoms with van der Waals surface area (Å²) in [6.07, 6.45) is 2.91. The third-order valence-electron chi connectivity index (χ3n) is 2.98. The molecule has 6 heteroatoms. The molecule has 0 saturated heterocycles. The largest absolute Gasteiger partial charge is 0.250 e. The fourth-order valence-electron chi connectivity index (χ4n) is 1.69. The lowest BCUT2D eigenvalue weighted by molar-refractivity contribution is 0.332. The number of hydrogen-bond donors (Lipinski definition) is 1. The van der Waals surface area contributed by atoms with Gasteiger partial charge in [-0.05, 0) is 36.8 Å². The number of alkyl halides is 1. The smallest absolute Gasteiger partial charge is 0.210 e. The van der Waals surface area contributed by atoms with Gasteiger partial charge in [0.15, 0.2) is 0 Å². The van der Waals surface area contributed by atoms with Crippen molar-refractivity contribution >= 4 is 37.3 Å². The first-order valence-corrected chi connectivity index (χ1v) is 9.87. The molecule has 1 rings (SSSR count). The van der Waals surface area contributed by atoms with Crippen molar-refractivity contribution < 1.29 is 8.42 Å². The molecule has 0 saturated carbocycles. The van der Waals surface area contributed by atoms with Crippen LogP contribution in [0.3, 0.4) is 0 Å². The first kappa shape index (κ1) is 17.1. The lowest BCUT2D eigenvalue weighted by Crippen LogP contribution is -2.33. The minimum absolute atomic E-state index is 0.0221. The Balaban J connectivity index is 2.65. The summed E-state index contributed by atoms with van der Waals surface area (Å²) in [4.78, 5) is 1.10. The van der Waals surface area contributed by atoms with E-state index in [-0.39, 0.29) is 5.41 Å². The van der Waals surface area contributed by atoms with Gasteiger partial charge in [0.05, 0.1) is 0 Å². The zero-order valence-electron chi connectivity index (χ0n) is 11.7. The summed E-state index contributed by atoms with van der Waals surface area (Å²) < 4.78 is 27.5. The van der Waals surface area contributed by atoms with Crippen molar-refractivity contribution in [3.63, 3.8) is 0 Å². The topological polar surface area (TPSA) is 46.2 Å². The Hall–Kier alpha value is 0.0900. The Morgan fingerprint density at radius 2 is 2.05 bits per heavy atom. The van der Waals surface area contributed by atoms with Gasteiger partial charge >= 0.3 is 0 Å². The predicted octanol–water partition coefficient (Wildman–Crippen LogP) is 3.79. The Kier molecular flexibility index (Phi) is 6.50.